The molecule has 0 radical (unpaired) electrons. The average molecular weight is 418 g/mol. The van der Waals surface area contributed by atoms with Gasteiger partial charge in [-0.2, -0.15) is 0 Å². The first-order valence-corrected chi connectivity index (χ1v) is 11.4. The lowest BCUT2D eigenvalue weighted by atomic mass is 9.85. The summed E-state index contributed by atoms with van der Waals surface area (Å²) >= 11 is 0. The monoisotopic (exact) mass is 417 g/mol. The van der Waals surface area contributed by atoms with Crippen LogP contribution in [0.4, 0.5) is 11.4 Å². The fourth-order valence-electron chi connectivity index (χ4n) is 5.74. The molecule has 2 nitrogen and oxygen atoms in total. The summed E-state index contributed by atoms with van der Waals surface area (Å²) in [6, 6.07) is 38.4. The minimum Gasteiger partial charge on any atom is -0.342 e. The van der Waals surface area contributed by atoms with Crippen molar-refractivity contribution in [2.45, 2.75) is 38.0 Å². The highest BCUT2D eigenvalue weighted by Crippen LogP contribution is 2.56. The maximum absolute atomic E-state index is 10.1. The van der Waals surface area contributed by atoms with Crippen LogP contribution in [-0.2, 0) is 0 Å². The molecule has 0 aromatic heterocycles. The number of anilines is 2. The van der Waals surface area contributed by atoms with Crippen LogP contribution in [0.3, 0.4) is 0 Å². The van der Waals surface area contributed by atoms with Crippen LogP contribution in [0, 0.1) is 6.92 Å². The zero-order valence-electron chi connectivity index (χ0n) is 19.5. The van der Waals surface area contributed by atoms with Gasteiger partial charge in [0.2, 0.25) is 0 Å². The predicted octanol–water partition coefficient (Wildman–Crippen LogP) is 6.92. The van der Waals surface area contributed by atoms with Crippen LogP contribution in [0.25, 0.3) is 0 Å². The third kappa shape index (κ3) is 2.79. The summed E-state index contributed by atoms with van der Waals surface area (Å²) in [4.78, 5) is 5.05. The van der Waals surface area contributed by atoms with E-state index in [2.05, 4.69) is 127 Å². The second-order valence-electron chi connectivity index (χ2n) is 8.87. The molecule has 2 heteroatoms. The molecular formula is C30H28N2. The summed E-state index contributed by atoms with van der Waals surface area (Å²) in [7, 11) is 0. The summed E-state index contributed by atoms with van der Waals surface area (Å²) in [5.74, 6) is -0.859. The van der Waals surface area contributed by atoms with Crippen molar-refractivity contribution < 1.29 is 1.37 Å². The Hall–Kier alpha value is -3.52. The van der Waals surface area contributed by atoms with E-state index in [4.69, 9.17) is 0 Å². The second-order valence-corrected chi connectivity index (χ2v) is 8.87. The van der Waals surface area contributed by atoms with Gasteiger partial charge in [-0.25, -0.2) is 0 Å². The zero-order valence-corrected chi connectivity index (χ0v) is 18.5. The van der Waals surface area contributed by atoms with Crippen molar-refractivity contribution >= 4 is 11.4 Å². The molecule has 0 amide bonds. The summed E-state index contributed by atoms with van der Waals surface area (Å²) in [5, 5.41) is 0. The van der Waals surface area contributed by atoms with Crippen molar-refractivity contribution in [2.24, 2.45) is 0 Å². The minimum atomic E-state index is -0.859. The van der Waals surface area contributed by atoms with E-state index < -0.39 is 5.89 Å². The molecule has 0 bridgehead atoms. The van der Waals surface area contributed by atoms with Gasteiger partial charge in [0.25, 0.3) is 0 Å². The summed E-state index contributed by atoms with van der Waals surface area (Å²) in [5.41, 5.74) is 7.06. The number of hydrogen-bond donors (Lipinski definition) is 0. The normalized spacial score (nSPS) is 26.6. The molecule has 0 saturated carbocycles. The number of benzene rings is 4. The average Bonchev–Trinajstić information content (AvgIpc) is 3.32. The van der Waals surface area contributed by atoms with Gasteiger partial charge >= 0.3 is 0 Å². The lowest BCUT2D eigenvalue weighted by molar-refractivity contribution is 0.568. The van der Waals surface area contributed by atoms with Gasteiger partial charge in [0.1, 0.15) is 6.17 Å². The number of rotatable bonds is 3. The Morgan fingerprint density at radius 1 is 0.625 bits per heavy atom. The van der Waals surface area contributed by atoms with Crippen LogP contribution >= 0.6 is 0 Å². The van der Waals surface area contributed by atoms with Crippen LogP contribution in [0.5, 0.6) is 0 Å². The largest absolute Gasteiger partial charge is 0.342 e. The van der Waals surface area contributed by atoms with Gasteiger partial charge in [-0.1, -0.05) is 97.1 Å². The highest BCUT2D eigenvalue weighted by molar-refractivity contribution is 5.72. The van der Waals surface area contributed by atoms with E-state index >= 15 is 0 Å². The van der Waals surface area contributed by atoms with Gasteiger partial charge in [-0.05, 0) is 48.2 Å². The zero-order chi connectivity index (χ0) is 22.6. The van der Waals surface area contributed by atoms with Crippen molar-refractivity contribution in [3.05, 3.63) is 131 Å². The minimum absolute atomic E-state index is 0.0180. The second kappa shape index (κ2) is 7.56. The number of fused-ring (bicyclic) bond motifs is 3. The molecule has 0 aliphatic carbocycles. The Labute approximate surface area is 192 Å². The van der Waals surface area contributed by atoms with Crippen molar-refractivity contribution in [1.82, 2.24) is 0 Å². The molecule has 4 aromatic carbocycles. The van der Waals surface area contributed by atoms with Gasteiger partial charge in [-0.3, -0.25) is 0 Å². The lowest BCUT2D eigenvalue weighted by Gasteiger charge is -2.35. The Morgan fingerprint density at radius 3 is 1.88 bits per heavy atom. The van der Waals surface area contributed by atoms with Gasteiger partial charge < -0.3 is 9.80 Å². The molecule has 2 heterocycles. The third-order valence-electron chi connectivity index (χ3n) is 7.07. The maximum atomic E-state index is 10.1. The van der Waals surface area contributed by atoms with Crippen LogP contribution in [0.2, 0.25) is 0 Å². The van der Waals surface area contributed by atoms with E-state index in [1.54, 1.807) is 0 Å². The molecular weight excluding hydrogens is 388 g/mol. The molecule has 2 aliphatic rings. The first kappa shape index (κ1) is 18.1. The third-order valence-corrected chi connectivity index (χ3v) is 7.07. The Balaban J connectivity index is 1.63. The quantitative estimate of drug-likeness (QED) is 0.357. The van der Waals surface area contributed by atoms with Crippen LogP contribution in [0.15, 0.2) is 109 Å². The molecule has 0 spiro atoms. The molecule has 4 aromatic rings. The van der Waals surface area contributed by atoms with E-state index in [1.165, 1.54) is 16.8 Å². The van der Waals surface area contributed by atoms with Crippen LogP contribution in [-0.4, -0.2) is 12.1 Å². The van der Waals surface area contributed by atoms with Gasteiger partial charge in [0, 0.05) is 24.7 Å². The first-order valence-electron chi connectivity index (χ1n) is 11.9. The van der Waals surface area contributed by atoms with Crippen molar-refractivity contribution in [1.29, 1.82) is 0 Å². The molecule has 32 heavy (non-hydrogen) atoms. The van der Waals surface area contributed by atoms with E-state index in [0.717, 1.165) is 16.8 Å². The fourth-order valence-corrected chi connectivity index (χ4v) is 5.74. The Kier molecular flexibility index (Phi) is 4.27. The summed E-state index contributed by atoms with van der Waals surface area (Å²) in [6.07, 6.45) is 0.0180. The smallest absolute Gasteiger partial charge is 0.129 e. The predicted molar refractivity (Wildman–Crippen MR) is 133 cm³/mol. The van der Waals surface area contributed by atoms with E-state index in [9.17, 15) is 1.37 Å². The van der Waals surface area contributed by atoms with E-state index in [0.29, 0.717) is 0 Å². The Bertz CT molecular complexity index is 1290. The lowest BCUT2D eigenvalue weighted by Crippen LogP contribution is -2.37. The number of aryl methyl sites for hydroxylation is 1. The highest BCUT2D eigenvalue weighted by Gasteiger charge is 2.54. The van der Waals surface area contributed by atoms with Gasteiger partial charge in [-0.15, -0.1) is 0 Å². The first-order chi connectivity index (χ1) is 16.1. The number of nitrogens with zero attached hydrogens (tertiary/aromatic N) is 2. The maximum Gasteiger partial charge on any atom is 0.129 e. The van der Waals surface area contributed by atoms with Gasteiger partial charge in [0.05, 0.1) is 6.04 Å². The number of hydrogen-bond acceptors (Lipinski definition) is 2. The summed E-state index contributed by atoms with van der Waals surface area (Å²) in [6.45, 7) is 4.48. The van der Waals surface area contributed by atoms with E-state index in [-0.39, 0.29) is 18.2 Å². The van der Waals surface area contributed by atoms with Crippen LogP contribution in [0.1, 0.15) is 42.6 Å². The molecule has 6 rings (SSSR count). The topological polar surface area (TPSA) is 6.48 Å². The van der Waals surface area contributed by atoms with Crippen molar-refractivity contribution in [3.8, 4) is 0 Å². The SMILES string of the molecule is [2H]C1(c2ccccc2)c2ccccc2N2C(c3ccccc3)N(c3ccccc3C)[C@@H](C)C21. The van der Waals surface area contributed by atoms with Crippen molar-refractivity contribution in [2.75, 3.05) is 9.80 Å². The molecule has 1 saturated heterocycles. The molecule has 1 fully saturated rings. The molecule has 0 N–H and O–H groups in total. The molecule has 2 aliphatic heterocycles. The molecule has 4 atom stereocenters. The molecule has 158 valence electrons. The van der Waals surface area contributed by atoms with Gasteiger partial charge in [0.15, 0.2) is 0 Å². The van der Waals surface area contributed by atoms with Crippen LogP contribution < -0.4 is 9.80 Å². The molecule has 3 unspecified atom stereocenters. The Morgan fingerprint density at radius 2 is 1.19 bits per heavy atom. The summed E-state index contributed by atoms with van der Waals surface area (Å²) < 4.78 is 10.1. The highest BCUT2D eigenvalue weighted by atomic mass is 15.5. The fraction of sp³-hybridized carbons (Fsp3) is 0.200. The standard InChI is InChI=1S/C30H28N2/c1-21-13-9-11-19-26(21)31-22(2)29-28(23-14-5-3-6-15-23)25-18-10-12-20-27(25)32(29)30(31)24-16-7-4-8-17-24/h3-20,22,28-30H,1-2H3/t22-,28?,29?,30?/m0/s1/i28D. The van der Waals surface area contributed by atoms with Crippen molar-refractivity contribution in [3.63, 3.8) is 0 Å². The van der Waals surface area contributed by atoms with E-state index in [1.807, 2.05) is 6.07 Å². The number of para-hydroxylation sites is 2.